The van der Waals surface area contributed by atoms with Gasteiger partial charge in [0.1, 0.15) is 0 Å². The maximum atomic E-state index is 3.87. The van der Waals surface area contributed by atoms with Gasteiger partial charge in [-0.05, 0) is 22.5 Å². The molecule has 0 spiro atoms. The molecular weight excluding hydrogens is 204 g/mol. The molecule has 0 bridgehead atoms. The molecule has 0 aromatic carbocycles. The SMILES string of the molecule is C=C/C(=C(\C=C)C(C)(C)C)C(C)C.CC.CC. The van der Waals surface area contributed by atoms with Crippen molar-refractivity contribution in [2.24, 2.45) is 11.3 Å². The second-order valence-corrected chi connectivity index (χ2v) is 4.68. The molecule has 0 saturated carbocycles. The van der Waals surface area contributed by atoms with E-state index in [2.05, 4.69) is 47.8 Å². The zero-order valence-corrected chi connectivity index (χ0v) is 13.6. The van der Waals surface area contributed by atoms with Crippen LogP contribution in [0.25, 0.3) is 0 Å². The van der Waals surface area contributed by atoms with Crippen molar-refractivity contribution in [3.63, 3.8) is 0 Å². The molecule has 0 unspecified atom stereocenters. The molecule has 0 aliphatic carbocycles. The first-order valence-electron chi connectivity index (χ1n) is 6.84. The predicted octanol–water partition coefficient (Wildman–Crippen LogP) is 6.41. The minimum Gasteiger partial charge on any atom is -0.0988 e. The zero-order chi connectivity index (χ0) is 14.6. The van der Waals surface area contributed by atoms with Gasteiger partial charge < -0.3 is 0 Å². The molecule has 0 fully saturated rings. The van der Waals surface area contributed by atoms with E-state index in [-0.39, 0.29) is 5.41 Å². The summed E-state index contributed by atoms with van der Waals surface area (Å²) in [5, 5.41) is 0. The summed E-state index contributed by atoms with van der Waals surface area (Å²) < 4.78 is 0. The lowest BCUT2D eigenvalue weighted by Gasteiger charge is -2.25. The first-order chi connectivity index (χ1) is 7.84. The van der Waals surface area contributed by atoms with Crippen molar-refractivity contribution >= 4 is 0 Å². The van der Waals surface area contributed by atoms with Gasteiger partial charge in [0.05, 0.1) is 0 Å². The lowest BCUT2D eigenvalue weighted by Crippen LogP contribution is -2.11. The first kappa shape index (κ1) is 21.5. The normalized spacial score (nSPS) is 11.4. The van der Waals surface area contributed by atoms with Crippen LogP contribution in [0, 0.1) is 11.3 Å². The summed E-state index contributed by atoms with van der Waals surface area (Å²) in [6.45, 7) is 26.7. The molecule has 17 heavy (non-hydrogen) atoms. The average molecular weight is 238 g/mol. The van der Waals surface area contributed by atoms with E-state index in [1.165, 1.54) is 11.1 Å². The Labute approximate surface area is 111 Å². The number of hydrogen-bond donors (Lipinski definition) is 0. The molecule has 0 nitrogen and oxygen atoms in total. The van der Waals surface area contributed by atoms with Crippen LogP contribution in [-0.4, -0.2) is 0 Å². The summed E-state index contributed by atoms with van der Waals surface area (Å²) in [5.41, 5.74) is 2.77. The van der Waals surface area contributed by atoms with Crippen LogP contribution in [0.2, 0.25) is 0 Å². The molecule has 0 heteroatoms. The van der Waals surface area contributed by atoms with E-state index in [1.807, 2.05) is 39.8 Å². The van der Waals surface area contributed by atoms with Crippen molar-refractivity contribution in [1.29, 1.82) is 0 Å². The van der Waals surface area contributed by atoms with Crippen LogP contribution in [0.1, 0.15) is 62.3 Å². The Bertz CT molecular complexity index is 221. The Kier molecular flexibility index (Phi) is 14.8. The minimum absolute atomic E-state index is 0.162. The first-order valence-corrected chi connectivity index (χ1v) is 6.84. The second-order valence-electron chi connectivity index (χ2n) is 4.68. The van der Waals surface area contributed by atoms with E-state index in [4.69, 9.17) is 0 Å². The van der Waals surface area contributed by atoms with Gasteiger partial charge in [0.15, 0.2) is 0 Å². The Morgan fingerprint density at radius 1 is 0.882 bits per heavy atom. The van der Waals surface area contributed by atoms with Crippen molar-refractivity contribution in [1.82, 2.24) is 0 Å². The fourth-order valence-electron chi connectivity index (χ4n) is 1.51. The number of hydrogen-bond acceptors (Lipinski definition) is 0. The summed E-state index contributed by atoms with van der Waals surface area (Å²) in [7, 11) is 0. The molecule has 0 atom stereocenters. The summed E-state index contributed by atoms with van der Waals surface area (Å²) in [5.74, 6) is 0.518. The molecule has 0 N–H and O–H groups in total. The quantitative estimate of drug-likeness (QED) is 0.498. The van der Waals surface area contributed by atoms with Crippen LogP contribution < -0.4 is 0 Å². The van der Waals surface area contributed by atoms with Crippen molar-refractivity contribution in [2.75, 3.05) is 0 Å². The third-order valence-electron chi connectivity index (χ3n) is 2.17. The Balaban J connectivity index is -0.000000439. The van der Waals surface area contributed by atoms with Crippen LogP contribution in [-0.2, 0) is 0 Å². The molecule has 0 aromatic rings. The van der Waals surface area contributed by atoms with E-state index in [0.717, 1.165) is 0 Å². The summed E-state index contributed by atoms with van der Waals surface area (Å²) in [6, 6.07) is 0. The summed E-state index contributed by atoms with van der Waals surface area (Å²) in [6.07, 6.45) is 3.91. The fourth-order valence-corrected chi connectivity index (χ4v) is 1.51. The highest BCUT2D eigenvalue weighted by molar-refractivity contribution is 5.36. The largest absolute Gasteiger partial charge is 0.0988 e. The smallest absolute Gasteiger partial charge is 0.0129 e. The van der Waals surface area contributed by atoms with Crippen LogP contribution in [0.15, 0.2) is 36.5 Å². The molecule has 0 aliphatic heterocycles. The standard InChI is InChI=1S/C13H22.2C2H6/c1-8-11(10(3)4)12(9-2)13(5,6)7;2*1-2/h8-10H,1-2H2,3-7H3;2*1-2H3/b12-11-;;. The van der Waals surface area contributed by atoms with Gasteiger partial charge in [-0.25, -0.2) is 0 Å². The Hall–Kier alpha value is -0.780. The van der Waals surface area contributed by atoms with Crippen molar-refractivity contribution in [3.8, 4) is 0 Å². The number of rotatable bonds is 3. The molecule has 0 aromatic heterocycles. The number of allylic oxidation sites excluding steroid dienone is 4. The molecule has 0 radical (unpaired) electrons. The van der Waals surface area contributed by atoms with E-state index in [9.17, 15) is 0 Å². The van der Waals surface area contributed by atoms with Gasteiger partial charge in [-0.15, -0.1) is 0 Å². The minimum atomic E-state index is 0.162. The average Bonchev–Trinajstić information content (AvgIpc) is 2.28. The summed E-state index contributed by atoms with van der Waals surface area (Å²) >= 11 is 0. The monoisotopic (exact) mass is 238 g/mol. The molecule has 0 heterocycles. The topological polar surface area (TPSA) is 0 Å². The molecule has 0 rings (SSSR count). The molecule has 0 aliphatic rings. The highest BCUT2D eigenvalue weighted by Gasteiger charge is 2.18. The fraction of sp³-hybridized carbons (Fsp3) is 0.647. The highest BCUT2D eigenvalue weighted by Crippen LogP contribution is 2.32. The van der Waals surface area contributed by atoms with Gasteiger partial charge in [-0.3, -0.25) is 0 Å². The molecular formula is C17H34. The van der Waals surface area contributed by atoms with E-state index >= 15 is 0 Å². The van der Waals surface area contributed by atoms with Crippen molar-refractivity contribution in [2.45, 2.75) is 62.3 Å². The van der Waals surface area contributed by atoms with Crippen molar-refractivity contribution in [3.05, 3.63) is 36.5 Å². The van der Waals surface area contributed by atoms with Crippen molar-refractivity contribution < 1.29 is 0 Å². The molecule has 102 valence electrons. The summed E-state index contributed by atoms with van der Waals surface area (Å²) in [4.78, 5) is 0. The maximum Gasteiger partial charge on any atom is -0.0129 e. The zero-order valence-electron chi connectivity index (χ0n) is 13.6. The third-order valence-corrected chi connectivity index (χ3v) is 2.17. The van der Waals surface area contributed by atoms with E-state index < -0.39 is 0 Å². The molecule has 0 amide bonds. The Morgan fingerprint density at radius 2 is 1.24 bits per heavy atom. The van der Waals surface area contributed by atoms with Gasteiger partial charge in [-0.1, -0.05) is 87.6 Å². The van der Waals surface area contributed by atoms with Gasteiger partial charge in [0, 0.05) is 0 Å². The van der Waals surface area contributed by atoms with E-state index in [1.54, 1.807) is 0 Å². The predicted molar refractivity (Wildman–Crippen MR) is 84.4 cm³/mol. The lowest BCUT2D eigenvalue weighted by atomic mass is 9.80. The van der Waals surface area contributed by atoms with Gasteiger partial charge in [0.2, 0.25) is 0 Å². The maximum absolute atomic E-state index is 3.87. The van der Waals surface area contributed by atoms with Gasteiger partial charge in [-0.2, -0.15) is 0 Å². The van der Waals surface area contributed by atoms with Crippen LogP contribution in [0.4, 0.5) is 0 Å². The highest BCUT2D eigenvalue weighted by atomic mass is 14.2. The van der Waals surface area contributed by atoms with Crippen LogP contribution in [0.5, 0.6) is 0 Å². The lowest BCUT2D eigenvalue weighted by molar-refractivity contribution is 0.506. The van der Waals surface area contributed by atoms with Crippen LogP contribution >= 0.6 is 0 Å². The Morgan fingerprint density at radius 3 is 1.29 bits per heavy atom. The second kappa shape index (κ2) is 11.7. The molecule has 0 saturated heterocycles. The van der Waals surface area contributed by atoms with Gasteiger partial charge in [0.25, 0.3) is 0 Å². The van der Waals surface area contributed by atoms with Crippen LogP contribution in [0.3, 0.4) is 0 Å². The van der Waals surface area contributed by atoms with E-state index in [0.29, 0.717) is 5.92 Å². The van der Waals surface area contributed by atoms with Gasteiger partial charge >= 0.3 is 0 Å². The third kappa shape index (κ3) is 8.97.